The molecule has 110 valence electrons. The van der Waals surface area contributed by atoms with Gasteiger partial charge in [-0.3, -0.25) is 4.79 Å². The maximum Gasteiger partial charge on any atom is 0.222 e. The highest BCUT2D eigenvalue weighted by molar-refractivity contribution is 6.36. The first-order chi connectivity index (χ1) is 9.43. The lowest BCUT2D eigenvalue weighted by Crippen LogP contribution is -2.50. The quantitative estimate of drug-likeness (QED) is 0.893. The fourth-order valence-electron chi connectivity index (χ4n) is 2.46. The lowest BCUT2D eigenvalue weighted by atomic mass is 9.89. The number of rotatable bonds is 3. The van der Waals surface area contributed by atoms with E-state index in [4.69, 9.17) is 23.2 Å². The summed E-state index contributed by atoms with van der Waals surface area (Å²) in [5.41, 5.74) is -1.05. The van der Waals surface area contributed by atoms with Crippen LogP contribution in [0.15, 0.2) is 12.3 Å². The summed E-state index contributed by atoms with van der Waals surface area (Å²) >= 11 is 12.0. The highest BCUT2D eigenvalue weighted by Gasteiger charge is 2.36. The van der Waals surface area contributed by atoms with Crippen molar-refractivity contribution in [3.05, 3.63) is 22.3 Å². The first kappa shape index (κ1) is 15.4. The molecule has 0 saturated carbocycles. The predicted molar refractivity (Wildman–Crippen MR) is 79.3 cm³/mol. The molecule has 1 unspecified atom stereocenters. The number of piperidine rings is 1. The Balaban J connectivity index is 2.15. The second-order valence-electron chi connectivity index (χ2n) is 5.06. The average Bonchev–Trinajstić information content (AvgIpc) is 2.38. The van der Waals surface area contributed by atoms with E-state index in [0.717, 1.165) is 13.0 Å². The van der Waals surface area contributed by atoms with Crippen molar-refractivity contribution in [2.75, 3.05) is 25.0 Å². The molecule has 2 heterocycles. The van der Waals surface area contributed by atoms with Gasteiger partial charge in [0.25, 0.3) is 0 Å². The van der Waals surface area contributed by atoms with Gasteiger partial charge in [-0.05, 0) is 18.9 Å². The molecule has 1 amide bonds. The molecule has 0 bridgehead atoms. The molecule has 1 saturated heterocycles. The van der Waals surface area contributed by atoms with Crippen LogP contribution in [0, 0.1) is 0 Å². The maximum absolute atomic E-state index is 11.5. The maximum atomic E-state index is 11.5. The number of anilines is 1. The number of β-amino-alcohol motifs (C(OH)–C–C–N with tert-alkyl or cyclic N) is 1. The van der Waals surface area contributed by atoms with Crippen LogP contribution in [0.2, 0.25) is 10.0 Å². The van der Waals surface area contributed by atoms with Crippen LogP contribution in [0.5, 0.6) is 0 Å². The zero-order valence-corrected chi connectivity index (χ0v) is 12.7. The molecule has 2 rings (SSSR count). The van der Waals surface area contributed by atoms with Crippen LogP contribution < -0.4 is 10.2 Å². The van der Waals surface area contributed by atoms with E-state index in [1.165, 1.54) is 6.20 Å². The van der Waals surface area contributed by atoms with Crippen molar-refractivity contribution < 1.29 is 9.90 Å². The molecule has 1 fully saturated rings. The normalized spacial score (nSPS) is 22.7. The molecule has 0 radical (unpaired) electrons. The van der Waals surface area contributed by atoms with Crippen molar-refractivity contribution in [3.63, 3.8) is 0 Å². The number of pyridine rings is 1. The van der Waals surface area contributed by atoms with E-state index in [-0.39, 0.29) is 12.3 Å². The number of aliphatic hydroxyl groups is 1. The second-order valence-corrected chi connectivity index (χ2v) is 5.90. The Bertz CT molecular complexity index is 512. The van der Waals surface area contributed by atoms with Crippen LogP contribution in [0.1, 0.15) is 19.3 Å². The molecule has 1 aliphatic heterocycles. The van der Waals surface area contributed by atoms with Gasteiger partial charge in [0, 0.05) is 26.3 Å². The van der Waals surface area contributed by atoms with E-state index in [2.05, 4.69) is 10.3 Å². The van der Waals surface area contributed by atoms with E-state index in [1.54, 1.807) is 13.1 Å². The first-order valence-corrected chi connectivity index (χ1v) is 7.18. The van der Waals surface area contributed by atoms with Crippen molar-refractivity contribution in [1.29, 1.82) is 0 Å². The molecule has 0 spiro atoms. The number of aromatic nitrogens is 1. The summed E-state index contributed by atoms with van der Waals surface area (Å²) in [6.07, 6.45) is 2.96. The van der Waals surface area contributed by atoms with E-state index >= 15 is 0 Å². The molecule has 1 aromatic heterocycles. The smallest absolute Gasteiger partial charge is 0.222 e. The number of nitrogens with zero attached hydrogens (tertiary/aromatic N) is 2. The van der Waals surface area contributed by atoms with Crippen molar-refractivity contribution in [1.82, 2.24) is 10.3 Å². The van der Waals surface area contributed by atoms with Gasteiger partial charge in [-0.1, -0.05) is 23.2 Å². The molecule has 1 aliphatic rings. The van der Waals surface area contributed by atoms with Crippen molar-refractivity contribution in [2.24, 2.45) is 0 Å². The van der Waals surface area contributed by atoms with Gasteiger partial charge in [0.1, 0.15) is 5.82 Å². The van der Waals surface area contributed by atoms with Crippen molar-refractivity contribution >= 4 is 34.9 Å². The van der Waals surface area contributed by atoms with Crippen molar-refractivity contribution in [2.45, 2.75) is 24.9 Å². The third-order valence-corrected chi connectivity index (χ3v) is 3.90. The van der Waals surface area contributed by atoms with Crippen molar-refractivity contribution in [3.8, 4) is 0 Å². The summed E-state index contributed by atoms with van der Waals surface area (Å²) in [7, 11) is 1.56. The van der Waals surface area contributed by atoms with Gasteiger partial charge in [-0.25, -0.2) is 4.98 Å². The minimum atomic E-state index is -1.05. The van der Waals surface area contributed by atoms with Gasteiger partial charge in [0.05, 0.1) is 22.1 Å². The van der Waals surface area contributed by atoms with Crippen LogP contribution in [-0.2, 0) is 4.79 Å². The number of hydrogen-bond donors (Lipinski definition) is 2. The van der Waals surface area contributed by atoms with E-state index in [0.29, 0.717) is 28.8 Å². The zero-order chi connectivity index (χ0) is 14.8. The summed E-state index contributed by atoms with van der Waals surface area (Å²) in [6.45, 7) is 1.07. The molecular weight excluding hydrogens is 301 g/mol. The Kier molecular flexibility index (Phi) is 4.73. The highest BCUT2D eigenvalue weighted by Crippen LogP contribution is 2.32. The number of halogens is 2. The molecule has 1 aromatic rings. The number of hydrogen-bond acceptors (Lipinski definition) is 4. The number of carbonyl (C=O) groups is 1. The third kappa shape index (κ3) is 3.53. The Hall–Kier alpha value is -1.04. The van der Waals surface area contributed by atoms with Gasteiger partial charge in [-0.2, -0.15) is 0 Å². The van der Waals surface area contributed by atoms with Crippen LogP contribution in [0.4, 0.5) is 5.82 Å². The van der Waals surface area contributed by atoms with Gasteiger partial charge >= 0.3 is 0 Å². The van der Waals surface area contributed by atoms with Gasteiger partial charge in [0.15, 0.2) is 0 Å². The fraction of sp³-hybridized carbons (Fsp3) is 0.538. The van der Waals surface area contributed by atoms with E-state index in [9.17, 15) is 9.90 Å². The molecule has 0 aliphatic carbocycles. The first-order valence-electron chi connectivity index (χ1n) is 6.42. The standard InChI is InChI=1S/C13H17Cl2N3O2/c1-16-11(19)6-13(20)3-2-4-18(8-13)12-10(15)5-9(14)7-17-12/h5,7,20H,2-4,6,8H2,1H3,(H,16,19). The molecule has 1 atom stereocenters. The largest absolute Gasteiger partial charge is 0.388 e. The van der Waals surface area contributed by atoms with E-state index in [1.807, 2.05) is 4.90 Å². The summed E-state index contributed by atoms with van der Waals surface area (Å²) in [5, 5.41) is 14.0. The summed E-state index contributed by atoms with van der Waals surface area (Å²) < 4.78 is 0. The Morgan fingerprint density at radius 2 is 2.35 bits per heavy atom. The third-order valence-electron chi connectivity index (χ3n) is 3.41. The lowest BCUT2D eigenvalue weighted by molar-refractivity contribution is -0.125. The number of amides is 1. The number of carbonyl (C=O) groups excluding carboxylic acids is 1. The van der Waals surface area contributed by atoms with Crippen LogP contribution >= 0.6 is 23.2 Å². The molecule has 2 N–H and O–H groups in total. The zero-order valence-electron chi connectivity index (χ0n) is 11.2. The fourth-order valence-corrected chi connectivity index (χ4v) is 2.96. The van der Waals surface area contributed by atoms with Gasteiger partial charge in [0.2, 0.25) is 5.91 Å². The second kappa shape index (κ2) is 6.16. The van der Waals surface area contributed by atoms with Crippen LogP contribution in [-0.4, -0.2) is 41.7 Å². The molecular formula is C13H17Cl2N3O2. The average molecular weight is 318 g/mol. The van der Waals surface area contributed by atoms with Gasteiger partial charge < -0.3 is 15.3 Å². The van der Waals surface area contributed by atoms with E-state index < -0.39 is 5.60 Å². The topological polar surface area (TPSA) is 65.5 Å². The Labute approximate surface area is 127 Å². The Morgan fingerprint density at radius 3 is 3.00 bits per heavy atom. The molecule has 0 aromatic carbocycles. The van der Waals surface area contributed by atoms with Crippen LogP contribution in [0.3, 0.4) is 0 Å². The molecule has 7 heteroatoms. The summed E-state index contributed by atoms with van der Waals surface area (Å²) in [5.74, 6) is 0.413. The van der Waals surface area contributed by atoms with Crippen LogP contribution in [0.25, 0.3) is 0 Å². The molecule has 20 heavy (non-hydrogen) atoms. The highest BCUT2D eigenvalue weighted by atomic mass is 35.5. The molecule has 5 nitrogen and oxygen atoms in total. The minimum absolute atomic E-state index is 0.0746. The minimum Gasteiger partial charge on any atom is -0.388 e. The Morgan fingerprint density at radius 1 is 1.60 bits per heavy atom. The number of nitrogens with one attached hydrogen (secondary N) is 1. The monoisotopic (exact) mass is 317 g/mol. The summed E-state index contributed by atoms with van der Waals surface area (Å²) in [4.78, 5) is 17.6. The van der Waals surface area contributed by atoms with Gasteiger partial charge in [-0.15, -0.1) is 0 Å². The summed E-state index contributed by atoms with van der Waals surface area (Å²) in [6, 6.07) is 1.62. The predicted octanol–water partition coefficient (Wildman–Crippen LogP) is 1.86. The SMILES string of the molecule is CNC(=O)CC1(O)CCCN(c2ncc(Cl)cc2Cl)C1. The lowest BCUT2D eigenvalue weighted by Gasteiger charge is -2.39.